The second kappa shape index (κ2) is 3.09. The van der Waals surface area contributed by atoms with E-state index in [0.29, 0.717) is 0 Å². The molecule has 3 nitrogen and oxygen atoms in total. The summed E-state index contributed by atoms with van der Waals surface area (Å²) >= 11 is 0. The molecule has 2 rings (SSSR count). The van der Waals surface area contributed by atoms with Gasteiger partial charge in [0.2, 0.25) is 0 Å². The highest BCUT2D eigenvalue weighted by atomic mass is 16.5. The summed E-state index contributed by atoms with van der Waals surface area (Å²) in [5.74, 6) is 0. The van der Waals surface area contributed by atoms with Gasteiger partial charge in [0.15, 0.2) is 0 Å². The Balaban J connectivity index is 1.94. The Morgan fingerprint density at radius 2 is 1.91 bits per heavy atom. The molecule has 0 radical (unpaired) electrons. The highest BCUT2D eigenvalue weighted by Crippen LogP contribution is 2.22. The summed E-state index contributed by atoms with van der Waals surface area (Å²) in [5, 5.41) is 6.81. The summed E-state index contributed by atoms with van der Waals surface area (Å²) in [6.07, 6.45) is 3.40. The maximum Gasteiger partial charge on any atom is 0.121 e. The molecule has 2 fully saturated rings. The molecule has 0 amide bonds. The number of rotatable bonds is 0. The molecule has 0 aromatic heterocycles. The van der Waals surface area contributed by atoms with Crippen molar-refractivity contribution in [2.75, 3.05) is 26.2 Å². The van der Waals surface area contributed by atoms with E-state index in [1.54, 1.807) is 0 Å². The van der Waals surface area contributed by atoms with Gasteiger partial charge >= 0.3 is 0 Å². The molecule has 0 bridgehead atoms. The van der Waals surface area contributed by atoms with Crippen LogP contribution < -0.4 is 10.6 Å². The predicted molar refractivity (Wildman–Crippen MR) is 43.4 cm³/mol. The lowest BCUT2D eigenvalue weighted by Gasteiger charge is -2.41. The molecule has 0 atom stereocenters. The molecular weight excluding hydrogens is 140 g/mol. The zero-order chi connectivity index (χ0) is 7.57. The van der Waals surface area contributed by atoms with Crippen molar-refractivity contribution in [1.82, 2.24) is 10.6 Å². The summed E-state index contributed by atoms with van der Waals surface area (Å²) in [4.78, 5) is 0. The summed E-state index contributed by atoms with van der Waals surface area (Å²) in [6.45, 7) is 4.24. The third-order valence-electron chi connectivity index (χ3n) is 2.56. The van der Waals surface area contributed by atoms with Gasteiger partial charge in [-0.05, 0) is 26.1 Å². The van der Waals surface area contributed by atoms with Crippen LogP contribution in [0.25, 0.3) is 0 Å². The third-order valence-corrected chi connectivity index (χ3v) is 2.56. The van der Waals surface area contributed by atoms with Crippen LogP contribution in [-0.2, 0) is 4.74 Å². The highest BCUT2D eigenvalue weighted by molar-refractivity contribution is 4.85. The van der Waals surface area contributed by atoms with Gasteiger partial charge in [0.25, 0.3) is 0 Å². The Kier molecular flexibility index (Phi) is 2.11. The molecule has 0 aromatic rings. The van der Waals surface area contributed by atoms with E-state index in [0.717, 1.165) is 45.5 Å². The van der Waals surface area contributed by atoms with Gasteiger partial charge < -0.3 is 10.1 Å². The van der Waals surface area contributed by atoms with E-state index >= 15 is 0 Å². The van der Waals surface area contributed by atoms with Crippen LogP contribution in [0.3, 0.4) is 0 Å². The predicted octanol–water partition coefficient (Wildman–Crippen LogP) is 0.0760. The number of ether oxygens (including phenoxy) is 1. The quantitative estimate of drug-likeness (QED) is 0.521. The number of hydrogen-bond donors (Lipinski definition) is 2. The molecule has 64 valence electrons. The standard InChI is InChI=1S/C8H16N2O/c1-4-10-8(11-7-1)2-5-9-6-3-8/h9-10H,1-7H2. The summed E-state index contributed by atoms with van der Waals surface area (Å²) in [6, 6.07) is 0. The fourth-order valence-electron chi connectivity index (χ4n) is 1.86. The van der Waals surface area contributed by atoms with E-state index in [1.165, 1.54) is 0 Å². The molecule has 2 aliphatic rings. The van der Waals surface area contributed by atoms with Crippen molar-refractivity contribution >= 4 is 0 Å². The van der Waals surface area contributed by atoms with Crippen LogP contribution in [0.4, 0.5) is 0 Å². The van der Waals surface area contributed by atoms with Gasteiger partial charge in [0.05, 0.1) is 6.61 Å². The number of nitrogens with one attached hydrogen (secondary N) is 2. The second-order valence-electron chi connectivity index (χ2n) is 3.37. The largest absolute Gasteiger partial charge is 0.360 e. The van der Waals surface area contributed by atoms with Crippen LogP contribution in [0, 0.1) is 0 Å². The topological polar surface area (TPSA) is 33.3 Å². The number of piperidine rings is 1. The van der Waals surface area contributed by atoms with Crippen LogP contribution in [-0.4, -0.2) is 32.0 Å². The molecule has 2 N–H and O–H groups in total. The average Bonchev–Trinajstić information content (AvgIpc) is 2.07. The van der Waals surface area contributed by atoms with E-state index in [-0.39, 0.29) is 5.72 Å². The van der Waals surface area contributed by atoms with Crippen LogP contribution >= 0.6 is 0 Å². The van der Waals surface area contributed by atoms with Gasteiger partial charge in [-0.25, -0.2) is 0 Å². The van der Waals surface area contributed by atoms with Gasteiger partial charge in [-0.15, -0.1) is 0 Å². The van der Waals surface area contributed by atoms with Crippen LogP contribution in [0.2, 0.25) is 0 Å². The summed E-state index contributed by atoms with van der Waals surface area (Å²) in [5.41, 5.74) is 0.0451. The van der Waals surface area contributed by atoms with Gasteiger partial charge in [0, 0.05) is 12.8 Å². The molecule has 2 saturated heterocycles. The van der Waals surface area contributed by atoms with Gasteiger partial charge in [-0.3, -0.25) is 5.32 Å². The molecule has 2 aliphatic heterocycles. The lowest BCUT2D eigenvalue weighted by molar-refractivity contribution is -0.112. The molecule has 0 aromatic carbocycles. The van der Waals surface area contributed by atoms with Crippen molar-refractivity contribution in [2.45, 2.75) is 25.0 Å². The molecule has 0 saturated carbocycles. The minimum absolute atomic E-state index is 0.0451. The lowest BCUT2D eigenvalue weighted by Crippen LogP contribution is -2.57. The zero-order valence-electron chi connectivity index (χ0n) is 6.86. The van der Waals surface area contributed by atoms with Crippen molar-refractivity contribution in [3.8, 4) is 0 Å². The van der Waals surface area contributed by atoms with E-state index in [4.69, 9.17) is 4.74 Å². The van der Waals surface area contributed by atoms with Gasteiger partial charge in [-0.2, -0.15) is 0 Å². The van der Waals surface area contributed by atoms with E-state index < -0.39 is 0 Å². The summed E-state index contributed by atoms with van der Waals surface area (Å²) < 4.78 is 5.76. The first-order valence-electron chi connectivity index (χ1n) is 4.51. The zero-order valence-corrected chi connectivity index (χ0v) is 6.86. The monoisotopic (exact) mass is 156 g/mol. The molecule has 11 heavy (non-hydrogen) atoms. The molecule has 3 heteroatoms. The summed E-state index contributed by atoms with van der Waals surface area (Å²) in [7, 11) is 0. The first-order chi connectivity index (χ1) is 5.41. The van der Waals surface area contributed by atoms with E-state index in [9.17, 15) is 0 Å². The number of hydrogen-bond acceptors (Lipinski definition) is 3. The van der Waals surface area contributed by atoms with Crippen molar-refractivity contribution in [2.24, 2.45) is 0 Å². The van der Waals surface area contributed by atoms with Crippen LogP contribution in [0.5, 0.6) is 0 Å². The molecular formula is C8H16N2O. The SMILES string of the molecule is C1CNC2(CCNCC2)OC1. The normalized spacial score (nSPS) is 30.5. The van der Waals surface area contributed by atoms with Crippen LogP contribution in [0.1, 0.15) is 19.3 Å². The maximum absolute atomic E-state index is 5.76. The average molecular weight is 156 g/mol. The Morgan fingerprint density at radius 3 is 2.55 bits per heavy atom. The Labute approximate surface area is 67.5 Å². The molecule has 2 heterocycles. The fraction of sp³-hybridized carbons (Fsp3) is 1.00. The molecule has 1 spiro atoms. The Bertz CT molecular complexity index is 107. The van der Waals surface area contributed by atoms with Crippen LogP contribution in [0.15, 0.2) is 0 Å². The Hall–Kier alpha value is -0.120. The third kappa shape index (κ3) is 1.55. The van der Waals surface area contributed by atoms with Crippen molar-refractivity contribution < 1.29 is 4.74 Å². The molecule has 0 aliphatic carbocycles. The lowest BCUT2D eigenvalue weighted by atomic mass is 10.0. The minimum atomic E-state index is 0.0451. The van der Waals surface area contributed by atoms with Gasteiger partial charge in [0.1, 0.15) is 5.72 Å². The highest BCUT2D eigenvalue weighted by Gasteiger charge is 2.33. The van der Waals surface area contributed by atoms with Crippen molar-refractivity contribution in [1.29, 1.82) is 0 Å². The first-order valence-corrected chi connectivity index (χ1v) is 4.51. The smallest absolute Gasteiger partial charge is 0.121 e. The van der Waals surface area contributed by atoms with Crippen molar-refractivity contribution in [3.05, 3.63) is 0 Å². The molecule has 0 unspecified atom stereocenters. The van der Waals surface area contributed by atoms with Gasteiger partial charge in [-0.1, -0.05) is 0 Å². The van der Waals surface area contributed by atoms with E-state index in [1.807, 2.05) is 0 Å². The van der Waals surface area contributed by atoms with Crippen molar-refractivity contribution in [3.63, 3.8) is 0 Å². The second-order valence-corrected chi connectivity index (χ2v) is 3.37. The first kappa shape index (κ1) is 7.53. The van der Waals surface area contributed by atoms with E-state index in [2.05, 4.69) is 10.6 Å². The fourth-order valence-corrected chi connectivity index (χ4v) is 1.86. The minimum Gasteiger partial charge on any atom is -0.360 e. The Morgan fingerprint density at radius 1 is 1.09 bits per heavy atom. The maximum atomic E-state index is 5.76.